The number of para-hydroxylation sites is 1. The van der Waals surface area contributed by atoms with Crippen molar-refractivity contribution in [1.82, 2.24) is 4.98 Å². The van der Waals surface area contributed by atoms with Crippen molar-refractivity contribution in [2.24, 2.45) is 5.92 Å². The lowest BCUT2D eigenvalue weighted by Crippen LogP contribution is -2.23. The van der Waals surface area contributed by atoms with E-state index in [-0.39, 0.29) is 5.91 Å². The lowest BCUT2D eigenvalue weighted by molar-refractivity contribution is -0.118. The van der Waals surface area contributed by atoms with Crippen LogP contribution in [-0.2, 0) is 9.53 Å². The van der Waals surface area contributed by atoms with Gasteiger partial charge in [-0.3, -0.25) is 9.78 Å². The highest BCUT2D eigenvalue weighted by Gasteiger charge is 2.18. The van der Waals surface area contributed by atoms with Crippen LogP contribution in [0, 0.1) is 5.92 Å². The molecule has 1 N–H and O–H groups in total. The first kappa shape index (κ1) is 13.1. The molecule has 1 amide bonds. The van der Waals surface area contributed by atoms with E-state index >= 15 is 0 Å². The van der Waals surface area contributed by atoms with E-state index in [1.54, 1.807) is 6.20 Å². The number of benzene rings is 1. The van der Waals surface area contributed by atoms with Gasteiger partial charge in [-0.2, -0.15) is 0 Å². The van der Waals surface area contributed by atoms with Crippen molar-refractivity contribution in [2.45, 2.75) is 19.3 Å². The number of amides is 1. The van der Waals surface area contributed by atoms with E-state index in [4.69, 9.17) is 4.74 Å². The molecule has 3 rings (SSSR count). The molecule has 0 aliphatic carbocycles. The highest BCUT2D eigenvalue weighted by Crippen LogP contribution is 2.22. The maximum absolute atomic E-state index is 12.1. The zero-order chi connectivity index (χ0) is 13.8. The summed E-state index contributed by atoms with van der Waals surface area (Å²) in [7, 11) is 0. The molecule has 0 bridgehead atoms. The summed E-state index contributed by atoms with van der Waals surface area (Å²) >= 11 is 0. The van der Waals surface area contributed by atoms with E-state index in [9.17, 15) is 4.79 Å². The minimum absolute atomic E-state index is 0.0404. The molecular formula is C16H18N2O2. The van der Waals surface area contributed by atoms with E-state index in [1.165, 1.54) is 0 Å². The second-order valence-corrected chi connectivity index (χ2v) is 5.22. The number of carbonyl (C=O) groups excluding carboxylic acids is 1. The fraction of sp³-hybridized carbons (Fsp3) is 0.375. The van der Waals surface area contributed by atoms with Crippen LogP contribution >= 0.6 is 0 Å². The van der Waals surface area contributed by atoms with Gasteiger partial charge in [0.15, 0.2) is 0 Å². The van der Waals surface area contributed by atoms with Crippen molar-refractivity contribution in [3.8, 4) is 0 Å². The Hall–Kier alpha value is -1.94. The first-order valence-corrected chi connectivity index (χ1v) is 7.04. The van der Waals surface area contributed by atoms with Gasteiger partial charge >= 0.3 is 0 Å². The van der Waals surface area contributed by atoms with E-state index < -0.39 is 0 Å². The Bertz CT molecular complexity index is 601. The van der Waals surface area contributed by atoms with Gasteiger partial charge in [0, 0.05) is 31.2 Å². The number of fused-ring (bicyclic) bond motifs is 1. The number of aromatic nitrogens is 1. The number of nitrogens with zero attached hydrogens (tertiary/aromatic N) is 1. The number of rotatable bonds is 3. The van der Waals surface area contributed by atoms with Crippen LogP contribution in [0.4, 0.5) is 5.69 Å². The smallest absolute Gasteiger partial charge is 0.224 e. The molecule has 1 saturated heterocycles. The predicted molar refractivity (Wildman–Crippen MR) is 78.5 cm³/mol. The molecule has 1 atom stereocenters. The van der Waals surface area contributed by atoms with Crippen LogP contribution in [0.3, 0.4) is 0 Å². The molecule has 104 valence electrons. The van der Waals surface area contributed by atoms with Gasteiger partial charge in [0.05, 0.1) is 11.2 Å². The van der Waals surface area contributed by atoms with Crippen LogP contribution in [-0.4, -0.2) is 24.1 Å². The van der Waals surface area contributed by atoms with Crippen molar-refractivity contribution in [2.75, 3.05) is 18.5 Å². The number of hydrogen-bond acceptors (Lipinski definition) is 3. The Labute approximate surface area is 118 Å². The van der Waals surface area contributed by atoms with E-state index in [0.29, 0.717) is 18.9 Å². The van der Waals surface area contributed by atoms with E-state index in [1.807, 2.05) is 30.3 Å². The number of carbonyl (C=O) groups is 1. The third-order valence-electron chi connectivity index (χ3n) is 3.64. The third-order valence-corrected chi connectivity index (χ3v) is 3.64. The molecule has 1 aromatic heterocycles. The van der Waals surface area contributed by atoms with Crippen LogP contribution < -0.4 is 5.32 Å². The Morgan fingerprint density at radius 3 is 3.10 bits per heavy atom. The highest BCUT2D eigenvalue weighted by atomic mass is 16.5. The molecule has 1 fully saturated rings. The molecule has 0 saturated carbocycles. The minimum Gasteiger partial charge on any atom is -0.381 e. The van der Waals surface area contributed by atoms with Gasteiger partial charge in [-0.05, 0) is 30.9 Å². The molecule has 1 aromatic carbocycles. The molecule has 4 heteroatoms. The second-order valence-electron chi connectivity index (χ2n) is 5.22. The third kappa shape index (κ3) is 2.96. The number of nitrogens with one attached hydrogen (secondary N) is 1. The van der Waals surface area contributed by atoms with E-state index in [0.717, 1.165) is 36.0 Å². The highest BCUT2D eigenvalue weighted by molar-refractivity contribution is 6.00. The average molecular weight is 270 g/mol. The van der Waals surface area contributed by atoms with Crippen molar-refractivity contribution in [1.29, 1.82) is 0 Å². The van der Waals surface area contributed by atoms with Gasteiger partial charge < -0.3 is 10.1 Å². The summed E-state index contributed by atoms with van der Waals surface area (Å²) in [6, 6.07) is 9.71. The Morgan fingerprint density at radius 1 is 1.35 bits per heavy atom. The second kappa shape index (κ2) is 6.01. The standard InChI is InChI=1S/C16H18N2O2/c19-15(10-12-4-3-9-20-11-12)18-14-7-1-5-13-6-2-8-17-16(13)14/h1-2,5-8,12H,3-4,9-11H2,(H,18,19). The summed E-state index contributed by atoms with van der Waals surface area (Å²) in [6.45, 7) is 1.52. The molecule has 2 heterocycles. The quantitative estimate of drug-likeness (QED) is 0.932. The first-order valence-electron chi connectivity index (χ1n) is 7.04. The lowest BCUT2D eigenvalue weighted by Gasteiger charge is -2.21. The maximum Gasteiger partial charge on any atom is 0.224 e. The summed E-state index contributed by atoms with van der Waals surface area (Å²) in [5.41, 5.74) is 1.62. The fourth-order valence-electron chi connectivity index (χ4n) is 2.64. The topological polar surface area (TPSA) is 51.2 Å². The van der Waals surface area contributed by atoms with Crippen LogP contribution in [0.15, 0.2) is 36.5 Å². The largest absolute Gasteiger partial charge is 0.381 e. The minimum atomic E-state index is 0.0404. The summed E-state index contributed by atoms with van der Waals surface area (Å²) in [5, 5.41) is 4.01. The summed E-state index contributed by atoms with van der Waals surface area (Å²) in [6.07, 6.45) is 4.38. The Morgan fingerprint density at radius 2 is 2.25 bits per heavy atom. The van der Waals surface area contributed by atoms with Crippen LogP contribution in [0.5, 0.6) is 0 Å². The van der Waals surface area contributed by atoms with Gasteiger partial charge in [0.1, 0.15) is 0 Å². The monoisotopic (exact) mass is 270 g/mol. The zero-order valence-corrected chi connectivity index (χ0v) is 11.3. The van der Waals surface area contributed by atoms with Crippen molar-refractivity contribution >= 4 is 22.5 Å². The normalized spacial score (nSPS) is 18.9. The van der Waals surface area contributed by atoms with Crippen LogP contribution in [0.1, 0.15) is 19.3 Å². The summed E-state index contributed by atoms with van der Waals surface area (Å²) < 4.78 is 5.41. The van der Waals surface area contributed by atoms with Gasteiger partial charge in [0.2, 0.25) is 5.91 Å². The number of ether oxygens (including phenoxy) is 1. The fourth-order valence-corrected chi connectivity index (χ4v) is 2.64. The SMILES string of the molecule is O=C(CC1CCCOC1)Nc1cccc2cccnc12. The molecule has 2 aromatic rings. The van der Waals surface area contributed by atoms with Gasteiger partial charge in [-0.25, -0.2) is 0 Å². The lowest BCUT2D eigenvalue weighted by atomic mass is 9.98. The van der Waals surface area contributed by atoms with E-state index in [2.05, 4.69) is 10.3 Å². The predicted octanol–water partition coefficient (Wildman–Crippen LogP) is 2.99. The number of hydrogen-bond donors (Lipinski definition) is 1. The van der Waals surface area contributed by atoms with Crippen molar-refractivity contribution in [3.63, 3.8) is 0 Å². The zero-order valence-electron chi connectivity index (χ0n) is 11.3. The van der Waals surface area contributed by atoms with Crippen molar-refractivity contribution < 1.29 is 9.53 Å². The Balaban J connectivity index is 1.71. The first-order chi connectivity index (χ1) is 9.83. The number of pyridine rings is 1. The molecule has 0 radical (unpaired) electrons. The van der Waals surface area contributed by atoms with Crippen LogP contribution in [0.2, 0.25) is 0 Å². The molecule has 20 heavy (non-hydrogen) atoms. The Kier molecular flexibility index (Phi) is 3.92. The van der Waals surface area contributed by atoms with Gasteiger partial charge in [-0.15, -0.1) is 0 Å². The average Bonchev–Trinajstić information content (AvgIpc) is 2.48. The maximum atomic E-state index is 12.1. The van der Waals surface area contributed by atoms with Gasteiger partial charge in [0.25, 0.3) is 0 Å². The molecule has 4 nitrogen and oxygen atoms in total. The molecule has 0 spiro atoms. The molecule has 1 unspecified atom stereocenters. The van der Waals surface area contributed by atoms with Gasteiger partial charge in [-0.1, -0.05) is 18.2 Å². The molecule has 1 aliphatic rings. The number of anilines is 1. The molecular weight excluding hydrogens is 252 g/mol. The van der Waals surface area contributed by atoms with Crippen LogP contribution in [0.25, 0.3) is 10.9 Å². The van der Waals surface area contributed by atoms with Crippen molar-refractivity contribution in [3.05, 3.63) is 36.5 Å². The summed E-state index contributed by atoms with van der Waals surface area (Å²) in [5.74, 6) is 0.380. The summed E-state index contributed by atoms with van der Waals surface area (Å²) in [4.78, 5) is 16.5. The molecule has 1 aliphatic heterocycles.